The summed E-state index contributed by atoms with van der Waals surface area (Å²) in [5.41, 5.74) is 6.36. The molecule has 0 spiro atoms. The van der Waals surface area contributed by atoms with Crippen molar-refractivity contribution in [3.8, 4) is 0 Å². The summed E-state index contributed by atoms with van der Waals surface area (Å²) in [5.74, 6) is -2.90. The molecule has 1 aromatic carbocycles. The number of amides is 7. The number of benzene rings is 1. The Morgan fingerprint density at radius 1 is 0.973 bits per heavy atom. The van der Waals surface area contributed by atoms with Crippen molar-refractivity contribution in [2.45, 2.75) is 45.2 Å². The van der Waals surface area contributed by atoms with Crippen molar-refractivity contribution >= 4 is 41.3 Å². The van der Waals surface area contributed by atoms with Crippen LogP contribution in [0.4, 0.5) is 10.5 Å². The van der Waals surface area contributed by atoms with Crippen LogP contribution in [-0.2, 0) is 24.0 Å². The fourth-order valence-corrected chi connectivity index (χ4v) is 3.51. The Kier molecular flexibility index (Phi) is 10.8. The SMILES string of the molecule is [CH2]c1ccc(NC(=O)[C@H](CCCNC(N)=O)NC(=O)[C@@H](NC(=O)CCN2C(=O)C=CC2=O)C(C)C)cc1. The van der Waals surface area contributed by atoms with E-state index in [9.17, 15) is 28.8 Å². The summed E-state index contributed by atoms with van der Waals surface area (Å²) in [5, 5.41) is 10.5. The first-order valence-corrected chi connectivity index (χ1v) is 11.9. The molecule has 1 aromatic rings. The van der Waals surface area contributed by atoms with Crippen LogP contribution in [0.15, 0.2) is 36.4 Å². The lowest BCUT2D eigenvalue weighted by molar-refractivity contribution is -0.137. The fraction of sp³-hybridized carbons (Fsp3) is 0.400. The van der Waals surface area contributed by atoms with E-state index < -0.39 is 47.7 Å². The second kappa shape index (κ2) is 13.8. The summed E-state index contributed by atoms with van der Waals surface area (Å²) in [4.78, 5) is 73.8. The highest BCUT2D eigenvalue weighted by molar-refractivity contribution is 6.13. The van der Waals surface area contributed by atoms with Gasteiger partial charge in [-0.1, -0.05) is 26.0 Å². The molecule has 0 fully saturated rings. The summed E-state index contributed by atoms with van der Waals surface area (Å²) in [6.45, 7) is 7.34. The molecule has 0 saturated heterocycles. The molecule has 0 unspecified atom stereocenters. The minimum Gasteiger partial charge on any atom is -0.352 e. The standard InChI is InChI=1S/C25H33N6O6/c1-15(2)22(30-19(32)12-14-31-20(33)10-11-21(31)34)24(36)29-18(5-4-13-27-25(26)37)23(35)28-17-8-6-16(3)7-9-17/h6-11,15,18,22H,3-5,12-14H2,1-2H3,(H,28,35)(H,29,36)(H,30,32)(H3,26,27,37)/t18-,22-/m0/s1. The first kappa shape index (κ1) is 29.0. The van der Waals surface area contributed by atoms with Gasteiger partial charge in [-0.2, -0.15) is 0 Å². The van der Waals surface area contributed by atoms with E-state index >= 15 is 0 Å². The number of rotatable bonds is 13. The van der Waals surface area contributed by atoms with Gasteiger partial charge in [0.25, 0.3) is 11.8 Å². The van der Waals surface area contributed by atoms with Gasteiger partial charge < -0.3 is 27.0 Å². The van der Waals surface area contributed by atoms with Crippen LogP contribution in [0, 0.1) is 12.8 Å². The Balaban J connectivity index is 2.02. The van der Waals surface area contributed by atoms with Crippen molar-refractivity contribution in [3.05, 3.63) is 48.9 Å². The third-order valence-corrected chi connectivity index (χ3v) is 5.55. The zero-order chi connectivity index (χ0) is 27.5. The maximum Gasteiger partial charge on any atom is 0.312 e. The van der Waals surface area contributed by atoms with Gasteiger partial charge in [0, 0.05) is 37.3 Å². The van der Waals surface area contributed by atoms with Gasteiger partial charge in [0.05, 0.1) is 0 Å². The summed E-state index contributed by atoms with van der Waals surface area (Å²) in [6, 6.07) is 4.17. The lowest BCUT2D eigenvalue weighted by atomic mass is 10.0. The molecule has 12 heteroatoms. The van der Waals surface area contributed by atoms with Gasteiger partial charge in [-0.3, -0.25) is 28.9 Å². The Bertz CT molecular complexity index is 1030. The third-order valence-electron chi connectivity index (χ3n) is 5.55. The molecular weight excluding hydrogens is 480 g/mol. The number of hydrogen-bond donors (Lipinski definition) is 5. The zero-order valence-electron chi connectivity index (χ0n) is 20.9. The first-order valence-electron chi connectivity index (χ1n) is 11.9. The van der Waals surface area contributed by atoms with E-state index in [0.29, 0.717) is 12.1 Å². The van der Waals surface area contributed by atoms with Crippen molar-refractivity contribution in [2.75, 3.05) is 18.4 Å². The Hall–Kier alpha value is -4.22. The van der Waals surface area contributed by atoms with Crippen LogP contribution in [0.5, 0.6) is 0 Å². The third kappa shape index (κ3) is 9.39. The van der Waals surface area contributed by atoms with Gasteiger partial charge in [0.2, 0.25) is 17.7 Å². The maximum absolute atomic E-state index is 13.1. The Morgan fingerprint density at radius 3 is 2.16 bits per heavy atom. The quantitative estimate of drug-likeness (QED) is 0.186. The van der Waals surface area contributed by atoms with Crippen LogP contribution in [0.2, 0.25) is 0 Å². The van der Waals surface area contributed by atoms with Crippen LogP contribution < -0.4 is 27.0 Å². The lowest BCUT2D eigenvalue weighted by Gasteiger charge is -2.25. The average molecular weight is 514 g/mol. The Labute approximate surface area is 215 Å². The number of primary amides is 1. The van der Waals surface area contributed by atoms with E-state index in [2.05, 4.69) is 28.2 Å². The van der Waals surface area contributed by atoms with Crippen LogP contribution in [0.1, 0.15) is 38.7 Å². The molecule has 2 atom stereocenters. The molecule has 199 valence electrons. The molecule has 0 bridgehead atoms. The highest BCUT2D eigenvalue weighted by Crippen LogP contribution is 2.11. The van der Waals surface area contributed by atoms with Crippen LogP contribution in [0.25, 0.3) is 0 Å². The zero-order valence-corrected chi connectivity index (χ0v) is 20.9. The number of nitrogens with two attached hydrogens (primary N) is 1. The highest BCUT2D eigenvalue weighted by atomic mass is 16.2. The topological polar surface area (TPSA) is 180 Å². The summed E-state index contributed by atoms with van der Waals surface area (Å²) in [7, 11) is 0. The number of urea groups is 1. The van der Waals surface area contributed by atoms with Crippen molar-refractivity contribution in [2.24, 2.45) is 11.7 Å². The van der Waals surface area contributed by atoms with Gasteiger partial charge in [-0.25, -0.2) is 4.79 Å². The largest absolute Gasteiger partial charge is 0.352 e. The maximum atomic E-state index is 13.1. The Morgan fingerprint density at radius 2 is 1.59 bits per heavy atom. The highest BCUT2D eigenvalue weighted by Gasteiger charge is 2.30. The van der Waals surface area contributed by atoms with Crippen molar-refractivity contribution < 1.29 is 28.8 Å². The monoisotopic (exact) mass is 513 g/mol. The van der Waals surface area contributed by atoms with Gasteiger partial charge in [0.1, 0.15) is 12.1 Å². The van der Waals surface area contributed by atoms with Crippen LogP contribution in [-0.4, -0.2) is 65.6 Å². The van der Waals surface area contributed by atoms with Gasteiger partial charge in [0.15, 0.2) is 0 Å². The number of carbonyl (C=O) groups excluding carboxylic acids is 6. The van der Waals surface area contributed by atoms with Crippen molar-refractivity contribution in [1.82, 2.24) is 20.9 Å². The molecule has 0 aromatic heterocycles. The molecule has 1 radical (unpaired) electrons. The smallest absolute Gasteiger partial charge is 0.312 e. The van der Waals surface area contributed by atoms with Crippen LogP contribution >= 0.6 is 0 Å². The number of imide groups is 1. The van der Waals surface area contributed by atoms with E-state index in [0.717, 1.165) is 22.6 Å². The van der Waals surface area contributed by atoms with Gasteiger partial charge >= 0.3 is 6.03 Å². The molecule has 1 heterocycles. The van der Waals surface area contributed by atoms with Crippen LogP contribution in [0.3, 0.4) is 0 Å². The molecule has 6 N–H and O–H groups in total. The molecular formula is C25H33N6O6. The molecule has 0 aliphatic carbocycles. The van der Waals surface area contributed by atoms with E-state index in [1.54, 1.807) is 38.1 Å². The lowest BCUT2D eigenvalue weighted by Crippen LogP contribution is -2.54. The molecule has 0 saturated carbocycles. The minimum atomic E-state index is -0.972. The van der Waals surface area contributed by atoms with Gasteiger partial charge in [-0.05, 0) is 43.4 Å². The number of nitrogens with one attached hydrogen (secondary N) is 4. The second-order valence-electron chi connectivity index (χ2n) is 8.88. The van der Waals surface area contributed by atoms with Crippen molar-refractivity contribution in [1.29, 1.82) is 0 Å². The molecule has 12 nitrogen and oxygen atoms in total. The number of anilines is 1. The van der Waals surface area contributed by atoms with E-state index in [4.69, 9.17) is 5.73 Å². The van der Waals surface area contributed by atoms with E-state index in [-0.39, 0.29) is 31.8 Å². The second-order valence-corrected chi connectivity index (χ2v) is 8.88. The summed E-state index contributed by atoms with van der Waals surface area (Å²) >= 11 is 0. The normalized spacial score (nSPS) is 14.3. The van der Waals surface area contributed by atoms with Crippen molar-refractivity contribution in [3.63, 3.8) is 0 Å². The predicted octanol–water partition coefficient (Wildman–Crippen LogP) is 0.196. The van der Waals surface area contributed by atoms with E-state index in [1.807, 2.05) is 0 Å². The molecule has 1 aliphatic heterocycles. The first-order chi connectivity index (χ1) is 17.5. The average Bonchev–Trinajstić information content (AvgIpc) is 3.15. The minimum absolute atomic E-state index is 0.118. The molecule has 37 heavy (non-hydrogen) atoms. The summed E-state index contributed by atoms with van der Waals surface area (Å²) in [6.07, 6.45) is 2.62. The number of nitrogens with zero attached hydrogens (tertiary/aromatic N) is 1. The fourth-order valence-electron chi connectivity index (χ4n) is 3.51. The van der Waals surface area contributed by atoms with Gasteiger partial charge in [-0.15, -0.1) is 0 Å². The number of hydrogen-bond acceptors (Lipinski definition) is 6. The molecule has 1 aliphatic rings. The predicted molar refractivity (Wildman–Crippen MR) is 136 cm³/mol. The van der Waals surface area contributed by atoms with E-state index in [1.165, 1.54) is 0 Å². The summed E-state index contributed by atoms with van der Waals surface area (Å²) < 4.78 is 0. The molecule has 2 rings (SSSR count). The molecule has 7 amide bonds. The number of carbonyl (C=O) groups is 6.